The van der Waals surface area contributed by atoms with Gasteiger partial charge < -0.3 is 19.5 Å². The minimum Gasteiger partial charge on any atom is -0.379 e. The topological polar surface area (TPSA) is 39.7 Å². The lowest BCUT2D eigenvalue weighted by Gasteiger charge is -2.32. The number of nitrogens with one attached hydrogen (secondary N) is 1. The predicted octanol–water partition coefficient (Wildman–Crippen LogP) is 0.949. The molecule has 16 heavy (non-hydrogen) atoms. The van der Waals surface area contributed by atoms with Crippen LogP contribution in [-0.4, -0.2) is 51.2 Å². The van der Waals surface area contributed by atoms with E-state index in [9.17, 15) is 0 Å². The highest BCUT2D eigenvalue weighted by molar-refractivity contribution is 4.93. The number of hydrogen-bond donors (Lipinski definition) is 1. The van der Waals surface area contributed by atoms with Crippen LogP contribution in [0.4, 0.5) is 0 Å². The van der Waals surface area contributed by atoms with Gasteiger partial charge in [0, 0.05) is 13.5 Å². The van der Waals surface area contributed by atoms with Gasteiger partial charge in [-0.2, -0.15) is 0 Å². The molecule has 0 aromatic carbocycles. The third-order valence-electron chi connectivity index (χ3n) is 3.66. The maximum Gasteiger partial charge on any atom is 0.0837 e. The van der Waals surface area contributed by atoms with E-state index in [0.717, 1.165) is 39.0 Å². The molecule has 2 atom stereocenters. The molecule has 4 nitrogen and oxygen atoms in total. The highest BCUT2D eigenvalue weighted by Crippen LogP contribution is 2.35. The zero-order chi connectivity index (χ0) is 11.4. The molecule has 2 rings (SSSR count). The highest BCUT2D eigenvalue weighted by atomic mass is 16.6. The third kappa shape index (κ3) is 2.94. The van der Waals surface area contributed by atoms with Crippen LogP contribution in [0.5, 0.6) is 0 Å². The molecule has 0 aliphatic carbocycles. The smallest absolute Gasteiger partial charge is 0.0837 e. The first-order valence-corrected chi connectivity index (χ1v) is 6.23. The fourth-order valence-electron chi connectivity index (χ4n) is 2.48. The fraction of sp³-hybridized carbons (Fsp3) is 1.00. The van der Waals surface area contributed by atoms with E-state index in [1.807, 2.05) is 6.92 Å². The summed E-state index contributed by atoms with van der Waals surface area (Å²) >= 11 is 0. The average Bonchev–Trinajstić information content (AvgIpc) is 2.70. The Morgan fingerprint density at radius 3 is 2.88 bits per heavy atom. The molecule has 94 valence electrons. The quantitative estimate of drug-likeness (QED) is 0.779. The normalized spacial score (nSPS) is 30.8. The molecule has 0 aromatic rings. The van der Waals surface area contributed by atoms with Crippen molar-refractivity contribution in [3.05, 3.63) is 0 Å². The number of ether oxygens (including phenoxy) is 3. The summed E-state index contributed by atoms with van der Waals surface area (Å²) in [6.45, 7) is 5.58. The van der Waals surface area contributed by atoms with Crippen LogP contribution < -0.4 is 5.32 Å². The summed E-state index contributed by atoms with van der Waals surface area (Å²) in [5.41, 5.74) is 0.103. The summed E-state index contributed by atoms with van der Waals surface area (Å²) in [6.07, 6.45) is 3.71. The van der Waals surface area contributed by atoms with Crippen LogP contribution in [-0.2, 0) is 14.2 Å². The van der Waals surface area contributed by atoms with Crippen molar-refractivity contribution in [2.75, 3.05) is 33.4 Å². The molecule has 4 heteroatoms. The van der Waals surface area contributed by atoms with Gasteiger partial charge in [0.2, 0.25) is 0 Å². The monoisotopic (exact) mass is 229 g/mol. The largest absolute Gasteiger partial charge is 0.379 e. The van der Waals surface area contributed by atoms with Gasteiger partial charge in [-0.15, -0.1) is 0 Å². The van der Waals surface area contributed by atoms with E-state index >= 15 is 0 Å². The molecule has 2 aliphatic rings. The Kier molecular flexibility index (Phi) is 4.19. The van der Waals surface area contributed by atoms with Crippen LogP contribution in [0.1, 0.15) is 26.2 Å². The van der Waals surface area contributed by atoms with Crippen molar-refractivity contribution in [1.29, 1.82) is 0 Å². The Morgan fingerprint density at radius 1 is 1.44 bits per heavy atom. The van der Waals surface area contributed by atoms with Gasteiger partial charge in [0.05, 0.1) is 31.0 Å². The van der Waals surface area contributed by atoms with Gasteiger partial charge in [-0.3, -0.25) is 0 Å². The first-order valence-electron chi connectivity index (χ1n) is 6.23. The molecule has 0 radical (unpaired) electrons. The van der Waals surface area contributed by atoms with E-state index in [4.69, 9.17) is 14.2 Å². The molecule has 0 saturated carbocycles. The Hall–Kier alpha value is -0.160. The number of hydrogen-bond acceptors (Lipinski definition) is 4. The van der Waals surface area contributed by atoms with Crippen molar-refractivity contribution in [2.45, 2.75) is 44.0 Å². The summed E-state index contributed by atoms with van der Waals surface area (Å²) in [4.78, 5) is 0. The van der Waals surface area contributed by atoms with Crippen LogP contribution >= 0.6 is 0 Å². The summed E-state index contributed by atoms with van der Waals surface area (Å²) in [6, 6.07) is 0. The van der Waals surface area contributed by atoms with Gasteiger partial charge in [0.1, 0.15) is 0 Å². The number of rotatable bonds is 4. The Labute approximate surface area is 97.6 Å². The maximum atomic E-state index is 5.95. The molecule has 2 saturated heterocycles. The highest BCUT2D eigenvalue weighted by Gasteiger charge is 2.41. The summed E-state index contributed by atoms with van der Waals surface area (Å²) in [5, 5.41) is 3.37. The van der Waals surface area contributed by atoms with Gasteiger partial charge in [-0.25, -0.2) is 0 Å². The molecule has 1 N–H and O–H groups in total. The fourth-order valence-corrected chi connectivity index (χ4v) is 2.48. The predicted molar refractivity (Wildman–Crippen MR) is 61.6 cm³/mol. The standard InChI is InChI=1S/C12H23NO3/c1-10(14-2)8-15-11-7-12(16-9-11)3-5-13-6-4-12/h10-11,13H,3-9H2,1-2H3. The lowest BCUT2D eigenvalue weighted by atomic mass is 9.89. The van der Waals surface area contributed by atoms with Gasteiger partial charge in [0.15, 0.2) is 0 Å². The van der Waals surface area contributed by atoms with Crippen molar-refractivity contribution < 1.29 is 14.2 Å². The van der Waals surface area contributed by atoms with Crippen molar-refractivity contribution in [1.82, 2.24) is 5.32 Å². The van der Waals surface area contributed by atoms with Crippen molar-refractivity contribution in [3.8, 4) is 0 Å². The van der Waals surface area contributed by atoms with Crippen LogP contribution in [0.3, 0.4) is 0 Å². The number of piperidine rings is 1. The van der Waals surface area contributed by atoms with Crippen LogP contribution in [0.2, 0.25) is 0 Å². The summed E-state index contributed by atoms with van der Waals surface area (Å²) in [7, 11) is 1.72. The van der Waals surface area contributed by atoms with E-state index in [1.165, 1.54) is 0 Å². The molecule has 1 spiro atoms. The van der Waals surface area contributed by atoms with Crippen LogP contribution in [0.25, 0.3) is 0 Å². The first kappa shape index (κ1) is 12.3. The van der Waals surface area contributed by atoms with E-state index in [-0.39, 0.29) is 17.8 Å². The third-order valence-corrected chi connectivity index (χ3v) is 3.66. The van der Waals surface area contributed by atoms with Crippen LogP contribution in [0, 0.1) is 0 Å². The van der Waals surface area contributed by atoms with Crippen molar-refractivity contribution >= 4 is 0 Å². The summed E-state index contributed by atoms with van der Waals surface area (Å²) in [5.74, 6) is 0. The lowest BCUT2D eigenvalue weighted by Crippen LogP contribution is -2.41. The minimum absolute atomic E-state index is 0.103. The van der Waals surface area contributed by atoms with Crippen molar-refractivity contribution in [3.63, 3.8) is 0 Å². The molecular formula is C12H23NO3. The molecule has 2 unspecified atom stereocenters. The summed E-state index contributed by atoms with van der Waals surface area (Å²) < 4.78 is 16.9. The second-order valence-corrected chi connectivity index (χ2v) is 4.95. The molecule has 2 aliphatic heterocycles. The Morgan fingerprint density at radius 2 is 2.19 bits per heavy atom. The van der Waals surface area contributed by atoms with E-state index in [1.54, 1.807) is 7.11 Å². The zero-order valence-corrected chi connectivity index (χ0v) is 10.3. The van der Waals surface area contributed by atoms with Gasteiger partial charge in [-0.05, 0) is 32.9 Å². The number of methoxy groups -OCH3 is 1. The molecule has 0 bridgehead atoms. The van der Waals surface area contributed by atoms with Crippen LogP contribution in [0.15, 0.2) is 0 Å². The molecule has 2 fully saturated rings. The first-order chi connectivity index (χ1) is 7.74. The Bertz CT molecular complexity index is 216. The van der Waals surface area contributed by atoms with Crippen molar-refractivity contribution in [2.24, 2.45) is 0 Å². The van der Waals surface area contributed by atoms with E-state index < -0.39 is 0 Å². The molecule has 0 aromatic heterocycles. The molecule has 2 heterocycles. The van der Waals surface area contributed by atoms with E-state index in [2.05, 4.69) is 5.32 Å². The second kappa shape index (κ2) is 5.45. The molecular weight excluding hydrogens is 206 g/mol. The lowest BCUT2D eigenvalue weighted by molar-refractivity contribution is -0.0331. The molecule has 0 amide bonds. The van der Waals surface area contributed by atoms with Gasteiger partial charge in [-0.1, -0.05) is 0 Å². The average molecular weight is 229 g/mol. The Balaban J connectivity index is 1.74. The zero-order valence-electron chi connectivity index (χ0n) is 10.3. The van der Waals surface area contributed by atoms with Gasteiger partial charge >= 0.3 is 0 Å². The minimum atomic E-state index is 0.103. The second-order valence-electron chi connectivity index (χ2n) is 4.95. The van der Waals surface area contributed by atoms with E-state index in [0.29, 0.717) is 6.61 Å². The van der Waals surface area contributed by atoms with Gasteiger partial charge in [0.25, 0.3) is 0 Å². The maximum absolute atomic E-state index is 5.95. The SMILES string of the molecule is COC(C)COC1COC2(CCNCC2)C1.